The Hall–Kier alpha value is -2.76. The molecule has 0 radical (unpaired) electrons. The monoisotopic (exact) mass is 269 g/mol. The number of H-pyrrole nitrogens is 1. The highest BCUT2D eigenvalue weighted by Crippen LogP contribution is 2.14. The lowest BCUT2D eigenvalue weighted by molar-refractivity contribution is 0.626. The number of hydrogen-bond acceptors (Lipinski definition) is 4. The van der Waals surface area contributed by atoms with Crippen LogP contribution in [0.15, 0.2) is 48.8 Å². The summed E-state index contributed by atoms with van der Waals surface area (Å²) in [5.41, 5.74) is 1.69. The van der Waals surface area contributed by atoms with E-state index in [-0.39, 0.29) is 5.82 Å². The van der Waals surface area contributed by atoms with Crippen LogP contribution in [0, 0.1) is 5.82 Å². The number of benzene rings is 1. The number of nitrogens with one attached hydrogen (secondary N) is 2. The zero-order chi connectivity index (χ0) is 13.8. The van der Waals surface area contributed by atoms with Gasteiger partial charge < -0.3 is 5.32 Å². The first-order valence-electron chi connectivity index (χ1n) is 6.12. The Morgan fingerprint density at radius 2 is 2.15 bits per heavy atom. The smallest absolute Gasteiger partial charge is 0.242 e. The van der Waals surface area contributed by atoms with Gasteiger partial charge in [0.15, 0.2) is 5.82 Å². The molecule has 1 aromatic carbocycles. The Morgan fingerprint density at radius 3 is 2.95 bits per heavy atom. The number of hydrogen-bond donors (Lipinski definition) is 2. The van der Waals surface area contributed by atoms with E-state index < -0.39 is 0 Å². The molecule has 0 aliphatic rings. The molecule has 0 aliphatic carbocycles. The highest BCUT2D eigenvalue weighted by atomic mass is 19.1. The Balaban J connectivity index is 1.69. The lowest BCUT2D eigenvalue weighted by Gasteiger charge is -2.01. The van der Waals surface area contributed by atoms with Gasteiger partial charge in [0, 0.05) is 24.5 Å². The maximum absolute atomic E-state index is 13.0. The number of anilines is 1. The molecule has 0 spiro atoms. The van der Waals surface area contributed by atoms with Crippen LogP contribution >= 0.6 is 0 Å². The third-order valence-corrected chi connectivity index (χ3v) is 2.76. The highest BCUT2D eigenvalue weighted by molar-refractivity contribution is 5.54. The number of pyridine rings is 1. The Bertz CT molecular complexity index is 696. The van der Waals surface area contributed by atoms with Gasteiger partial charge in [0.05, 0.1) is 0 Å². The minimum absolute atomic E-state index is 0.254. The van der Waals surface area contributed by atoms with Crippen LogP contribution in [0.1, 0.15) is 5.56 Å². The molecule has 0 saturated carbocycles. The largest absolute Gasteiger partial charge is 0.349 e. The molecule has 0 atom stereocenters. The van der Waals surface area contributed by atoms with Gasteiger partial charge in [-0.1, -0.05) is 12.1 Å². The summed E-state index contributed by atoms with van der Waals surface area (Å²) in [5, 5.41) is 9.93. The van der Waals surface area contributed by atoms with Crippen LogP contribution in [0.25, 0.3) is 11.4 Å². The summed E-state index contributed by atoms with van der Waals surface area (Å²) in [5.74, 6) is 0.850. The van der Waals surface area contributed by atoms with Crippen molar-refractivity contribution >= 4 is 5.95 Å². The van der Waals surface area contributed by atoms with Crippen molar-refractivity contribution in [2.24, 2.45) is 0 Å². The molecule has 0 unspecified atom stereocenters. The second-order valence-electron chi connectivity index (χ2n) is 4.23. The third-order valence-electron chi connectivity index (χ3n) is 2.76. The second-order valence-corrected chi connectivity index (χ2v) is 4.23. The molecule has 2 aromatic heterocycles. The van der Waals surface area contributed by atoms with Crippen molar-refractivity contribution in [3.8, 4) is 11.4 Å². The summed E-state index contributed by atoms with van der Waals surface area (Å²) in [6.07, 6.45) is 3.40. The van der Waals surface area contributed by atoms with Gasteiger partial charge >= 0.3 is 0 Å². The van der Waals surface area contributed by atoms with Crippen molar-refractivity contribution in [3.63, 3.8) is 0 Å². The molecule has 6 heteroatoms. The maximum Gasteiger partial charge on any atom is 0.242 e. The van der Waals surface area contributed by atoms with E-state index >= 15 is 0 Å². The summed E-state index contributed by atoms with van der Waals surface area (Å²) < 4.78 is 13.0. The van der Waals surface area contributed by atoms with Crippen molar-refractivity contribution in [2.75, 3.05) is 5.32 Å². The van der Waals surface area contributed by atoms with Crippen LogP contribution in [0.2, 0.25) is 0 Å². The van der Waals surface area contributed by atoms with Crippen molar-refractivity contribution in [1.82, 2.24) is 20.2 Å². The van der Waals surface area contributed by atoms with Crippen LogP contribution < -0.4 is 5.32 Å². The first kappa shape index (κ1) is 12.3. The Kier molecular flexibility index (Phi) is 3.36. The van der Waals surface area contributed by atoms with Crippen molar-refractivity contribution in [1.29, 1.82) is 0 Å². The molecule has 3 rings (SSSR count). The van der Waals surface area contributed by atoms with Crippen molar-refractivity contribution < 1.29 is 4.39 Å². The summed E-state index contributed by atoms with van der Waals surface area (Å²) in [6, 6.07) is 10.1. The zero-order valence-electron chi connectivity index (χ0n) is 10.5. The minimum Gasteiger partial charge on any atom is -0.349 e. The van der Waals surface area contributed by atoms with Crippen molar-refractivity contribution in [2.45, 2.75) is 6.54 Å². The molecule has 0 aliphatic heterocycles. The highest BCUT2D eigenvalue weighted by Gasteiger charge is 2.05. The van der Waals surface area contributed by atoms with E-state index in [0.717, 1.165) is 11.1 Å². The molecule has 100 valence electrons. The fourth-order valence-electron chi connectivity index (χ4n) is 1.80. The third kappa shape index (κ3) is 2.80. The van der Waals surface area contributed by atoms with E-state index in [1.54, 1.807) is 18.5 Å². The fourth-order valence-corrected chi connectivity index (χ4v) is 1.80. The summed E-state index contributed by atoms with van der Waals surface area (Å²) in [7, 11) is 0. The van der Waals surface area contributed by atoms with E-state index in [0.29, 0.717) is 18.3 Å². The maximum atomic E-state index is 13.0. The molecule has 2 heterocycles. The van der Waals surface area contributed by atoms with Crippen molar-refractivity contribution in [3.05, 3.63) is 60.2 Å². The Morgan fingerprint density at radius 1 is 1.20 bits per heavy atom. The number of aromatic amines is 1. The summed E-state index contributed by atoms with van der Waals surface area (Å²) in [6.45, 7) is 0.460. The van der Waals surface area contributed by atoms with Gasteiger partial charge in [-0.05, 0) is 29.8 Å². The molecule has 20 heavy (non-hydrogen) atoms. The quantitative estimate of drug-likeness (QED) is 0.764. The standard InChI is InChI=1S/C14H12FN5/c15-12-5-1-3-10(7-12)8-17-14-18-13(19-20-14)11-4-2-6-16-9-11/h1-7,9H,8H2,(H2,17,18,19,20). The SMILES string of the molecule is Fc1cccc(CNc2n[nH]c(-c3cccnc3)n2)c1. The fraction of sp³-hybridized carbons (Fsp3) is 0.0714. The summed E-state index contributed by atoms with van der Waals surface area (Å²) in [4.78, 5) is 8.33. The van der Waals surface area contributed by atoms with E-state index in [1.807, 2.05) is 18.2 Å². The predicted molar refractivity (Wildman–Crippen MR) is 73.3 cm³/mol. The Labute approximate surface area is 114 Å². The first-order chi connectivity index (χ1) is 9.81. The van der Waals surface area contributed by atoms with E-state index in [9.17, 15) is 4.39 Å². The van der Waals surface area contributed by atoms with Gasteiger partial charge in [0.2, 0.25) is 5.95 Å². The molecular weight excluding hydrogens is 257 g/mol. The molecule has 5 nitrogen and oxygen atoms in total. The predicted octanol–water partition coefficient (Wildman–Crippen LogP) is 2.62. The zero-order valence-corrected chi connectivity index (χ0v) is 10.5. The topological polar surface area (TPSA) is 66.5 Å². The van der Waals surface area contributed by atoms with Gasteiger partial charge in [0.25, 0.3) is 0 Å². The van der Waals surface area contributed by atoms with Gasteiger partial charge in [-0.3, -0.25) is 10.1 Å². The van der Waals surface area contributed by atoms with Crippen LogP contribution in [0.3, 0.4) is 0 Å². The molecule has 0 saturated heterocycles. The van der Waals surface area contributed by atoms with Crippen LogP contribution in [0.4, 0.5) is 10.3 Å². The average Bonchev–Trinajstić information content (AvgIpc) is 2.95. The molecule has 0 fully saturated rings. The van der Waals surface area contributed by atoms with E-state index in [4.69, 9.17) is 0 Å². The van der Waals surface area contributed by atoms with E-state index in [2.05, 4.69) is 25.5 Å². The van der Waals surface area contributed by atoms with Gasteiger partial charge in [-0.25, -0.2) is 4.39 Å². The van der Waals surface area contributed by atoms with Gasteiger partial charge in [-0.15, -0.1) is 5.10 Å². The summed E-state index contributed by atoms with van der Waals surface area (Å²) >= 11 is 0. The molecule has 0 bridgehead atoms. The van der Waals surface area contributed by atoms with Gasteiger partial charge in [0.1, 0.15) is 5.82 Å². The number of aromatic nitrogens is 4. The average molecular weight is 269 g/mol. The number of rotatable bonds is 4. The second kappa shape index (κ2) is 5.48. The van der Waals surface area contributed by atoms with E-state index in [1.165, 1.54) is 12.1 Å². The van der Waals surface area contributed by atoms with Crippen LogP contribution in [-0.2, 0) is 6.54 Å². The molecule has 2 N–H and O–H groups in total. The molecule has 0 amide bonds. The normalized spacial score (nSPS) is 10.4. The van der Waals surface area contributed by atoms with Crippen LogP contribution in [0.5, 0.6) is 0 Å². The lowest BCUT2D eigenvalue weighted by Crippen LogP contribution is -2.01. The number of halogens is 1. The lowest BCUT2D eigenvalue weighted by atomic mass is 10.2. The first-order valence-corrected chi connectivity index (χ1v) is 6.12. The minimum atomic E-state index is -0.254. The van der Waals surface area contributed by atoms with Crippen LogP contribution in [-0.4, -0.2) is 20.2 Å². The van der Waals surface area contributed by atoms with Gasteiger partial charge in [-0.2, -0.15) is 4.98 Å². The molecular formula is C14H12FN5. The molecule has 3 aromatic rings. The number of nitrogens with zero attached hydrogens (tertiary/aromatic N) is 3.